The first-order valence-electron chi connectivity index (χ1n) is 7.85. The molecule has 0 saturated heterocycles. The Kier molecular flexibility index (Phi) is 7.27. The van der Waals surface area contributed by atoms with E-state index in [-0.39, 0.29) is 5.41 Å². The maximum Gasteiger partial charge on any atom is 0.343 e. The van der Waals surface area contributed by atoms with Gasteiger partial charge in [0.15, 0.2) is 0 Å². The summed E-state index contributed by atoms with van der Waals surface area (Å²) >= 11 is 0. The summed E-state index contributed by atoms with van der Waals surface area (Å²) in [5.74, 6) is 0.149. The smallest absolute Gasteiger partial charge is 0.343 e. The van der Waals surface area contributed by atoms with E-state index in [0.29, 0.717) is 11.3 Å². The highest BCUT2D eigenvalue weighted by Gasteiger charge is 2.16. The molecule has 0 amide bonds. The van der Waals surface area contributed by atoms with Gasteiger partial charge in [-0.1, -0.05) is 70.7 Å². The highest BCUT2D eigenvalue weighted by molar-refractivity contribution is 5.93. The largest absolute Gasteiger partial charge is 0.423 e. The van der Waals surface area contributed by atoms with Crippen molar-refractivity contribution in [2.45, 2.75) is 33.6 Å². The molecule has 1 aromatic carbocycles. The van der Waals surface area contributed by atoms with E-state index in [4.69, 9.17) is 4.74 Å². The summed E-state index contributed by atoms with van der Waals surface area (Å²) in [4.78, 5) is 12.2. The Morgan fingerprint density at radius 1 is 1.26 bits per heavy atom. The molecule has 1 aromatic rings. The van der Waals surface area contributed by atoms with E-state index in [9.17, 15) is 4.79 Å². The third-order valence-electron chi connectivity index (χ3n) is 3.69. The average Bonchev–Trinajstić information content (AvgIpc) is 2.51. The predicted octanol–water partition coefficient (Wildman–Crippen LogP) is 5.43. The van der Waals surface area contributed by atoms with Gasteiger partial charge in [0.25, 0.3) is 0 Å². The first kappa shape index (κ1) is 18.7. The summed E-state index contributed by atoms with van der Waals surface area (Å²) in [6.45, 7) is 13.9. The van der Waals surface area contributed by atoms with Crippen molar-refractivity contribution in [2.24, 2.45) is 5.41 Å². The van der Waals surface area contributed by atoms with E-state index in [2.05, 4.69) is 40.0 Å². The number of ether oxygens (including phenoxy) is 1. The zero-order valence-corrected chi connectivity index (χ0v) is 14.3. The molecule has 0 heterocycles. The maximum absolute atomic E-state index is 12.2. The molecule has 0 aliphatic heterocycles. The van der Waals surface area contributed by atoms with Crippen molar-refractivity contribution in [2.75, 3.05) is 0 Å². The lowest BCUT2D eigenvalue weighted by atomic mass is 9.83. The van der Waals surface area contributed by atoms with Gasteiger partial charge in [0.1, 0.15) is 5.75 Å². The van der Waals surface area contributed by atoms with Gasteiger partial charge in [-0.25, -0.2) is 4.79 Å². The second kappa shape index (κ2) is 8.94. The highest BCUT2D eigenvalue weighted by atomic mass is 16.5. The van der Waals surface area contributed by atoms with Crippen molar-refractivity contribution in [3.8, 4) is 5.75 Å². The maximum atomic E-state index is 12.2. The topological polar surface area (TPSA) is 26.3 Å². The Bertz CT molecular complexity index is 618. The first-order valence-corrected chi connectivity index (χ1v) is 7.85. The van der Waals surface area contributed by atoms with E-state index in [0.717, 1.165) is 18.4 Å². The molecule has 0 saturated carbocycles. The molecule has 0 aromatic heterocycles. The number of hydrogen-bond donors (Lipinski definition) is 0. The van der Waals surface area contributed by atoms with Crippen LogP contribution in [-0.2, 0) is 11.2 Å². The Labute approximate surface area is 139 Å². The van der Waals surface area contributed by atoms with Crippen molar-refractivity contribution >= 4 is 5.97 Å². The zero-order valence-electron chi connectivity index (χ0n) is 14.3. The SMILES string of the molecule is C=C/C=C\C(=C/C=C)C(=O)Oc1cccc(CC(C)(C)CC)c1. The lowest BCUT2D eigenvalue weighted by Gasteiger charge is -2.22. The normalized spacial score (nSPS) is 12.2. The number of carbonyl (C=O) groups excluding carboxylic acids is 1. The van der Waals surface area contributed by atoms with Crippen molar-refractivity contribution in [1.29, 1.82) is 0 Å². The Morgan fingerprint density at radius 3 is 2.61 bits per heavy atom. The molecule has 0 spiro atoms. The molecule has 0 unspecified atom stereocenters. The second-order valence-corrected chi connectivity index (χ2v) is 6.18. The van der Waals surface area contributed by atoms with Crippen molar-refractivity contribution in [3.63, 3.8) is 0 Å². The number of rotatable bonds is 8. The number of hydrogen-bond acceptors (Lipinski definition) is 2. The van der Waals surface area contributed by atoms with Gasteiger partial charge in [-0.3, -0.25) is 0 Å². The van der Waals surface area contributed by atoms with Gasteiger partial charge in [0.05, 0.1) is 5.57 Å². The lowest BCUT2D eigenvalue weighted by Crippen LogP contribution is -2.14. The zero-order chi connectivity index (χ0) is 17.3. The molecular weight excluding hydrogens is 284 g/mol. The number of carbonyl (C=O) groups is 1. The molecule has 2 heteroatoms. The summed E-state index contributed by atoms with van der Waals surface area (Å²) in [5, 5.41) is 0. The van der Waals surface area contributed by atoms with E-state index >= 15 is 0 Å². The first-order chi connectivity index (χ1) is 10.9. The van der Waals surface area contributed by atoms with E-state index in [1.807, 2.05) is 12.1 Å². The Balaban J connectivity index is 2.90. The van der Waals surface area contributed by atoms with Crippen LogP contribution >= 0.6 is 0 Å². The predicted molar refractivity (Wildman–Crippen MR) is 97.5 cm³/mol. The quantitative estimate of drug-likeness (QED) is 0.277. The van der Waals surface area contributed by atoms with Gasteiger partial charge in [-0.05, 0) is 41.7 Å². The summed E-state index contributed by atoms with van der Waals surface area (Å²) in [6, 6.07) is 7.70. The molecule has 0 aliphatic rings. The summed E-state index contributed by atoms with van der Waals surface area (Å²) < 4.78 is 5.47. The monoisotopic (exact) mass is 310 g/mol. The minimum Gasteiger partial charge on any atom is -0.423 e. The molecule has 0 N–H and O–H groups in total. The number of allylic oxidation sites excluding steroid dienone is 4. The van der Waals surface area contributed by atoms with Crippen LogP contribution in [0.5, 0.6) is 5.75 Å². The Hall–Kier alpha value is -2.35. The molecule has 0 fully saturated rings. The summed E-state index contributed by atoms with van der Waals surface area (Å²) in [7, 11) is 0. The molecule has 2 nitrogen and oxygen atoms in total. The van der Waals surface area contributed by atoms with Gasteiger partial charge in [0.2, 0.25) is 0 Å². The van der Waals surface area contributed by atoms with Crippen LogP contribution in [0.2, 0.25) is 0 Å². The van der Waals surface area contributed by atoms with Crippen LogP contribution in [0, 0.1) is 5.41 Å². The fourth-order valence-corrected chi connectivity index (χ4v) is 2.05. The van der Waals surface area contributed by atoms with Gasteiger partial charge >= 0.3 is 5.97 Å². The van der Waals surface area contributed by atoms with Crippen LogP contribution in [0.4, 0.5) is 0 Å². The fraction of sp³-hybridized carbons (Fsp3) is 0.286. The number of benzene rings is 1. The highest BCUT2D eigenvalue weighted by Crippen LogP contribution is 2.27. The molecule has 122 valence electrons. The van der Waals surface area contributed by atoms with Gasteiger partial charge in [0, 0.05) is 0 Å². The lowest BCUT2D eigenvalue weighted by molar-refractivity contribution is -0.129. The van der Waals surface area contributed by atoms with E-state index in [1.54, 1.807) is 36.4 Å². The van der Waals surface area contributed by atoms with Crippen molar-refractivity contribution < 1.29 is 9.53 Å². The summed E-state index contributed by atoms with van der Waals surface area (Å²) in [6.07, 6.45) is 10.2. The van der Waals surface area contributed by atoms with Crippen LogP contribution in [0.3, 0.4) is 0 Å². The molecule has 1 rings (SSSR count). The van der Waals surface area contributed by atoms with E-state index < -0.39 is 5.97 Å². The van der Waals surface area contributed by atoms with Crippen LogP contribution in [-0.4, -0.2) is 5.97 Å². The van der Waals surface area contributed by atoms with Crippen LogP contribution in [0.15, 0.2) is 73.4 Å². The van der Waals surface area contributed by atoms with Crippen LogP contribution < -0.4 is 4.74 Å². The van der Waals surface area contributed by atoms with Crippen LogP contribution in [0.25, 0.3) is 0 Å². The Morgan fingerprint density at radius 2 is 2.00 bits per heavy atom. The van der Waals surface area contributed by atoms with Gasteiger partial charge in [-0.15, -0.1) is 0 Å². The van der Waals surface area contributed by atoms with Gasteiger partial charge < -0.3 is 4.74 Å². The molecule has 0 atom stereocenters. The molecular formula is C21H26O2. The number of esters is 1. The average molecular weight is 310 g/mol. The fourth-order valence-electron chi connectivity index (χ4n) is 2.05. The second-order valence-electron chi connectivity index (χ2n) is 6.18. The summed E-state index contributed by atoms with van der Waals surface area (Å²) in [5.41, 5.74) is 1.82. The standard InChI is InChI=1S/C21H26O2/c1-6-9-13-18(11-7-2)20(22)23-19-14-10-12-17(15-19)16-21(4,5)8-3/h6-7,9-15H,1-2,8,16H2,3-5H3/b13-9-,18-11+. The molecule has 0 radical (unpaired) electrons. The molecule has 0 bridgehead atoms. The van der Waals surface area contributed by atoms with E-state index in [1.165, 1.54) is 0 Å². The minimum atomic E-state index is -0.407. The van der Waals surface area contributed by atoms with Gasteiger partial charge in [-0.2, -0.15) is 0 Å². The third kappa shape index (κ3) is 6.52. The van der Waals surface area contributed by atoms with Crippen molar-refractivity contribution in [3.05, 3.63) is 78.9 Å². The van der Waals surface area contributed by atoms with Crippen molar-refractivity contribution in [1.82, 2.24) is 0 Å². The third-order valence-corrected chi connectivity index (χ3v) is 3.69. The molecule has 0 aliphatic carbocycles. The van der Waals surface area contributed by atoms with Crippen LogP contribution in [0.1, 0.15) is 32.8 Å². The minimum absolute atomic E-state index is 0.225. The molecule has 23 heavy (non-hydrogen) atoms.